The molecule has 0 fully saturated rings. The Bertz CT molecular complexity index is 3720. The van der Waals surface area contributed by atoms with Gasteiger partial charge in [-0.1, -0.05) is 491 Å². The van der Waals surface area contributed by atoms with Gasteiger partial charge in [0.2, 0.25) is 0 Å². The maximum absolute atomic E-state index is 16.0. The zero-order valence-corrected chi connectivity index (χ0v) is 85.7. The average molecular weight is 1790 g/mol. The molecule has 6 aromatic heterocycles. The standard InChI is InChI=1S/C112H186N2O2S6/c1-9-15-21-27-33-37-39-41-43-45-47-49-53-63-73-83-95-92(8)118-107-105(95)121-110-108-106(122-109(107)110)96(84-74-64-54-50-48-46-44-42-40-38-34-28-22-16-10-2)104(120-108)99-88-87-98(119-99)103-101-100(111(115)114(103)90-76-66-56-62-72-82-94(78-68-58-32-26-20-14-6)80-70-60-52-36-30-24-18-12-4)102(97-86-85-91(7)117-97)113(112(101)116)89-75-65-55-61-71-81-93(77-67-57-31-25-19-13-5)79-69-59-51-35-29-23-17-11-3/h85-88,93-94H,9-84,89-90H2,1-8H3. The summed E-state index contributed by atoms with van der Waals surface area (Å²) in [6.07, 6.45) is 103. The molecule has 0 saturated carbocycles. The van der Waals surface area contributed by atoms with Gasteiger partial charge in [0.05, 0.1) is 60.5 Å². The highest BCUT2D eigenvalue weighted by Gasteiger charge is 2.49. The second-order valence-corrected chi connectivity index (χ2v) is 45.7. The van der Waals surface area contributed by atoms with E-state index in [1.165, 1.54) is 485 Å². The van der Waals surface area contributed by atoms with Crippen LogP contribution in [0.3, 0.4) is 0 Å². The molecule has 6 aromatic rings. The van der Waals surface area contributed by atoms with Gasteiger partial charge in [-0.05, 0) is 99.6 Å². The lowest BCUT2D eigenvalue weighted by Gasteiger charge is -2.24. The molecule has 0 N–H and O–H groups in total. The maximum Gasteiger partial charge on any atom is 0.261 e. The van der Waals surface area contributed by atoms with E-state index in [4.69, 9.17) is 0 Å². The summed E-state index contributed by atoms with van der Waals surface area (Å²) in [6.45, 7) is 19.9. The summed E-state index contributed by atoms with van der Waals surface area (Å²) in [5, 5.41) is 0. The number of unbranched alkanes of at least 4 members (excludes halogenated alkanes) is 60. The monoisotopic (exact) mass is 1780 g/mol. The molecule has 692 valence electrons. The number of thiophene rings is 6. The van der Waals surface area contributed by atoms with E-state index in [0.29, 0.717) is 24.2 Å². The van der Waals surface area contributed by atoms with E-state index in [9.17, 15) is 0 Å². The third kappa shape index (κ3) is 37.7. The number of hydrogen-bond donors (Lipinski definition) is 0. The molecular formula is C112H186N2O2S6. The molecule has 2 amide bonds. The minimum Gasteiger partial charge on any atom is -0.306 e. The number of amides is 2. The summed E-state index contributed by atoms with van der Waals surface area (Å²) in [4.78, 5) is 43.9. The molecular weight excluding hydrogens is 1600 g/mol. The van der Waals surface area contributed by atoms with E-state index in [0.717, 1.165) is 65.1 Å². The molecule has 0 radical (unpaired) electrons. The van der Waals surface area contributed by atoms with Crippen LogP contribution in [0.25, 0.3) is 49.3 Å². The van der Waals surface area contributed by atoms with Crippen molar-refractivity contribution in [2.45, 2.75) is 543 Å². The third-order valence-electron chi connectivity index (χ3n) is 28.3. The molecule has 0 aliphatic carbocycles. The molecule has 2 aliphatic heterocycles. The van der Waals surface area contributed by atoms with Crippen molar-refractivity contribution in [1.82, 2.24) is 9.80 Å². The van der Waals surface area contributed by atoms with Crippen LogP contribution in [0, 0.1) is 25.7 Å². The van der Waals surface area contributed by atoms with Crippen molar-refractivity contribution >= 4 is 119 Å². The lowest BCUT2D eigenvalue weighted by atomic mass is 9.89. The Hall–Kier alpha value is -2.60. The van der Waals surface area contributed by atoms with Gasteiger partial charge in [-0.2, -0.15) is 0 Å². The fourth-order valence-electron chi connectivity index (χ4n) is 20.6. The van der Waals surface area contributed by atoms with Crippen LogP contribution in [0.5, 0.6) is 0 Å². The first-order chi connectivity index (χ1) is 60.2. The van der Waals surface area contributed by atoms with Gasteiger partial charge in [0.15, 0.2) is 0 Å². The summed E-state index contributed by atoms with van der Waals surface area (Å²) < 4.78 is 9.24. The van der Waals surface area contributed by atoms with Gasteiger partial charge < -0.3 is 9.80 Å². The van der Waals surface area contributed by atoms with Gasteiger partial charge in [-0.25, -0.2) is 0 Å². The Balaban J connectivity index is 1.00. The second kappa shape index (κ2) is 65.9. The van der Waals surface area contributed by atoms with Crippen molar-refractivity contribution in [2.24, 2.45) is 11.8 Å². The van der Waals surface area contributed by atoms with Crippen LogP contribution in [0.1, 0.15) is 547 Å². The first-order valence-electron chi connectivity index (χ1n) is 53.9. The quantitative estimate of drug-likeness (QED) is 0.0357. The van der Waals surface area contributed by atoms with E-state index in [1.807, 2.05) is 11.3 Å². The predicted molar refractivity (Wildman–Crippen MR) is 555 cm³/mol. The van der Waals surface area contributed by atoms with Crippen molar-refractivity contribution in [1.29, 1.82) is 0 Å². The Morgan fingerprint density at radius 3 is 0.795 bits per heavy atom. The fourth-order valence-corrected chi connectivity index (χ4v) is 28.8. The molecule has 8 rings (SSSR count). The molecule has 0 bridgehead atoms. The Morgan fingerprint density at radius 2 is 0.484 bits per heavy atom. The predicted octanol–water partition coefficient (Wildman–Crippen LogP) is 40.9. The van der Waals surface area contributed by atoms with Crippen LogP contribution in [-0.2, 0) is 22.4 Å². The molecule has 8 heterocycles. The molecule has 122 heavy (non-hydrogen) atoms. The van der Waals surface area contributed by atoms with E-state index < -0.39 is 0 Å². The Kier molecular flexibility index (Phi) is 56.6. The normalized spacial score (nSPS) is 13.9. The summed E-state index contributed by atoms with van der Waals surface area (Å²) in [5.41, 5.74) is 6.36. The van der Waals surface area contributed by atoms with Crippen molar-refractivity contribution in [2.75, 3.05) is 13.1 Å². The molecule has 2 aliphatic rings. The SMILES string of the molecule is CCCCCCCCCCCCCCCCCc1c(C)sc2c1sc1c3sc(-c4ccc(C5=C6C(=O)N(CCCCCCCC(CCCCCCCC)CCCCCCCCCC)C(c7ccc(C)s7)=C6C(=O)N5CCCCCCCC(CCCCCCCC)CCCCCCCCCC)s4)c(CCCCCCCCCCCCCCCCC)c3sc21. The lowest BCUT2D eigenvalue weighted by Crippen LogP contribution is -2.30. The van der Waals surface area contributed by atoms with Gasteiger partial charge in [0.1, 0.15) is 0 Å². The van der Waals surface area contributed by atoms with Gasteiger partial charge in [-0.3, -0.25) is 9.59 Å². The molecule has 0 spiro atoms. The fraction of sp³-hybridized carbons (Fsp3) is 0.786. The number of rotatable bonds is 83. The maximum atomic E-state index is 16.0. The molecule has 2 atom stereocenters. The van der Waals surface area contributed by atoms with Gasteiger partial charge in [0, 0.05) is 32.6 Å². The molecule has 10 heteroatoms. The van der Waals surface area contributed by atoms with E-state index in [2.05, 4.69) is 135 Å². The number of hydrogen-bond acceptors (Lipinski definition) is 8. The average Bonchev–Trinajstić information content (AvgIpc) is 1.56. The van der Waals surface area contributed by atoms with E-state index >= 15 is 9.59 Å². The van der Waals surface area contributed by atoms with E-state index in [-0.39, 0.29) is 11.8 Å². The largest absolute Gasteiger partial charge is 0.306 e. The molecule has 0 aromatic carbocycles. The smallest absolute Gasteiger partial charge is 0.261 e. The van der Waals surface area contributed by atoms with Crippen LogP contribution >= 0.6 is 68.0 Å². The second-order valence-electron chi connectivity index (χ2n) is 39.0. The van der Waals surface area contributed by atoms with Gasteiger partial charge in [0.25, 0.3) is 11.8 Å². The van der Waals surface area contributed by atoms with Crippen molar-refractivity contribution in [3.05, 3.63) is 66.0 Å². The summed E-state index contributed by atoms with van der Waals surface area (Å²) in [7, 11) is 0. The Morgan fingerprint density at radius 1 is 0.238 bits per heavy atom. The first kappa shape index (κ1) is 105. The zero-order valence-electron chi connectivity index (χ0n) is 80.8. The molecule has 0 saturated heterocycles. The topological polar surface area (TPSA) is 40.6 Å². The number of carbonyl (C=O) groups is 2. The Labute approximate surface area is 776 Å². The number of fused-ring (bicyclic) bond motifs is 6. The summed E-state index contributed by atoms with van der Waals surface area (Å²) in [6, 6.07) is 9.18. The first-order valence-corrected chi connectivity index (χ1v) is 58.8. The number of carbonyl (C=O) groups excluding carboxylic acids is 2. The molecule has 4 nitrogen and oxygen atoms in total. The highest BCUT2D eigenvalue weighted by Crippen LogP contribution is 2.56. The highest BCUT2D eigenvalue weighted by atomic mass is 32.1. The van der Waals surface area contributed by atoms with Crippen LogP contribution in [0.4, 0.5) is 0 Å². The highest BCUT2D eigenvalue weighted by molar-refractivity contribution is 7.45. The third-order valence-corrected chi connectivity index (χ3v) is 36.2. The van der Waals surface area contributed by atoms with E-state index in [1.54, 1.807) is 41.4 Å². The number of nitrogens with zero attached hydrogens (tertiary/aromatic N) is 2. The zero-order chi connectivity index (χ0) is 86.1. The van der Waals surface area contributed by atoms with Gasteiger partial charge in [-0.15, -0.1) is 68.0 Å². The minimum atomic E-state index is 0.0579. The van der Waals surface area contributed by atoms with Crippen molar-refractivity contribution in [3.8, 4) is 9.75 Å². The summed E-state index contributed by atoms with van der Waals surface area (Å²) >= 11 is 12.0. The van der Waals surface area contributed by atoms with Crippen LogP contribution in [0.2, 0.25) is 0 Å². The summed E-state index contributed by atoms with van der Waals surface area (Å²) in [5.74, 6) is 1.86. The van der Waals surface area contributed by atoms with Gasteiger partial charge >= 0.3 is 0 Å². The van der Waals surface area contributed by atoms with Crippen LogP contribution < -0.4 is 0 Å². The lowest BCUT2D eigenvalue weighted by molar-refractivity contribution is -0.124. The minimum absolute atomic E-state index is 0.0579. The van der Waals surface area contributed by atoms with Crippen LogP contribution in [0.15, 0.2) is 35.4 Å². The number of aryl methyl sites for hydroxylation is 4. The van der Waals surface area contributed by atoms with Crippen LogP contribution in [-0.4, -0.2) is 34.7 Å². The molecule has 2 unspecified atom stereocenters. The van der Waals surface area contributed by atoms with Crippen molar-refractivity contribution < 1.29 is 9.59 Å². The van der Waals surface area contributed by atoms with Crippen molar-refractivity contribution in [3.63, 3.8) is 0 Å².